The number of rotatable bonds is 7. The van der Waals surface area contributed by atoms with Gasteiger partial charge in [-0.3, -0.25) is 9.79 Å². The zero-order chi connectivity index (χ0) is 19.6. The summed E-state index contributed by atoms with van der Waals surface area (Å²) < 4.78 is 0. The number of halogens is 1. The van der Waals surface area contributed by atoms with Crippen LogP contribution < -0.4 is 10.2 Å². The van der Waals surface area contributed by atoms with Gasteiger partial charge in [0.25, 0.3) is 0 Å². The van der Waals surface area contributed by atoms with Crippen LogP contribution in [-0.2, 0) is 4.79 Å². The lowest BCUT2D eigenvalue weighted by atomic mass is 10.2. The Bertz CT molecular complexity index is 629. The van der Waals surface area contributed by atoms with E-state index in [1.54, 1.807) is 6.07 Å². The third kappa shape index (κ3) is 6.72. The number of amides is 1. The number of carbonyl (C=O) groups excluding carboxylic acids is 1. The van der Waals surface area contributed by atoms with E-state index in [-0.39, 0.29) is 29.9 Å². The van der Waals surface area contributed by atoms with Crippen molar-refractivity contribution in [3.63, 3.8) is 0 Å². The van der Waals surface area contributed by atoms with E-state index in [1.807, 2.05) is 36.9 Å². The van der Waals surface area contributed by atoms with Crippen LogP contribution in [0, 0.1) is 0 Å². The summed E-state index contributed by atoms with van der Waals surface area (Å²) in [5, 5.41) is 13.4. The number of guanidine groups is 1. The molecule has 0 bridgehead atoms. The van der Waals surface area contributed by atoms with Crippen LogP contribution in [0.15, 0.2) is 29.3 Å². The summed E-state index contributed by atoms with van der Waals surface area (Å²) in [6.07, 6.45) is 0.439. The van der Waals surface area contributed by atoms with Gasteiger partial charge in [0.1, 0.15) is 5.75 Å². The van der Waals surface area contributed by atoms with E-state index < -0.39 is 0 Å². The number of carbonyl (C=O) groups is 1. The number of benzene rings is 1. The molecule has 1 aromatic rings. The zero-order valence-electron chi connectivity index (χ0n) is 17.2. The van der Waals surface area contributed by atoms with Gasteiger partial charge < -0.3 is 25.1 Å². The summed E-state index contributed by atoms with van der Waals surface area (Å²) in [5.41, 5.74) is 0.879. The fourth-order valence-electron chi connectivity index (χ4n) is 3.31. The fraction of sp³-hybridized carbons (Fsp3) is 0.600. The van der Waals surface area contributed by atoms with E-state index in [4.69, 9.17) is 0 Å². The van der Waals surface area contributed by atoms with Gasteiger partial charge in [0.2, 0.25) is 5.91 Å². The largest absolute Gasteiger partial charge is 0.506 e. The van der Waals surface area contributed by atoms with E-state index in [0.717, 1.165) is 57.5 Å². The number of para-hydroxylation sites is 2. The average molecular weight is 503 g/mol. The van der Waals surface area contributed by atoms with Crippen LogP contribution in [0.4, 0.5) is 5.69 Å². The predicted octanol–water partition coefficient (Wildman–Crippen LogP) is 2.36. The van der Waals surface area contributed by atoms with Gasteiger partial charge in [0.15, 0.2) is 5.96 Å². The molecule has 7 nitrogen and oxygen atoms in total. The summed E-state index contributed by atoms with van der Waals surface area (Å²) in [7, 11) is 0. The molecule has 1 aliphatic heterocycles. The average Bonchev–Trinajstić information content (AvgIpc) is 2.69. The third-order valence-electron chi connectivity index (χ3n) is 4.84. The Morgan fingerprint density at radius 1 is 1.14 bits per heavy atom. The van der Waals surface area contributed by atoms with Crippen molar-refractivity contribution in [3.8, 4) is 5.75 Å². The van der Waals surface area contributed by atoms with E-state index in [9.17, 15) is 9.90 Å². The van der Waals surface area contributed by atoms with Crippen LogP contribution in [0.3, 0.4) is 0 Å². The molecule has 0 saturated carbocycles. The molecule has 8 heteroatoms. The number of nitrogens with zero attached hydrogens (tertiary/aromatic N) is 4. The van der Waals surface area contributed by atoms with Gasteiger partial charge in [-0.25, -0.2) is 0 Å². The van der Waals surface area contributed by atoms with E-state index >= 15 is 0 Å². The van der Waals surface area contributed by atoms with Crippen molar-refractivity contribution < 1.29 is 9.90 Å². The maximum atomic E-state index is 12.1. The SMILES string of the molecule is CCNC(=NCCC(=O)N(CC)CC)N1CCN(c2ccccc2O)CC1.I. The zero-order valence-corrected chi connectivity index (χ0v) is 19.6. The molecular formula is C20H34IN5O2. The minimum atomic E-state index is 0. The fourth-order valence-corrected chi connectivity index (χ4v) is 3.31. The number of aliphatic imine (C=N–C) groups is 1. The molecule has 0 spiro atoms. The van der Waals surface area contributed by atoms with Crippen LogP contribution in [0.2, 0.25) is 0 Å². The van der Waals surface area contributed by atoms with E-state index in [2.05, 4.69) is 27.0 Å². The van der Waals surface area contributed by atoms with Crippen molar-refractivity contribution in [2.45, 2.75) is 27.2 Å². The Labute approximate surface area is 185 Å². The molecule has 158 valence electrons. The van der Waals surface area contributed by atoms with Gasteiger partial charge in [0, 0.05) is 52.2 Å². The van der Waals surface area contributed by atoms with Crippen molar-refractivity contribution in [2.75, 3.05) is 57.3 Å². The van der Waals surface area contributed by atoms with Gasteiger partial charge >= 0.3 is 0 Å². The quantitative estimate of drug-likeness (QED) is 0.340. The summed E-state index contributed by atoms with van der Waals surface area (Å²) >= 11 is 0. The molecule has 0 aromatic heterocycles. The molecule has 28 heavy (non-hydrogen) atoms. The molecule has 1 amide bonds. The highest BCUT2D eigenvalue weighted by atomic mass is 127. The van der Waals surface area contributed by atoms with Gasteiger partial charge in [-0.1, -0.05) is 12.1 Å². The molecular weight excluding hydrogens is 469 g/mol. The molecule has 2 N–H and O–H groups in total. The Hall–Kier alpha value is -1.71. The lowest BCUT2D eigenvalue weighted by Gasteiger charge is -2.37. The molecule has 0 unspecified atom stereocenters. The minimum Gasteiger partial charge on any atom is -0.506 e. The molecule has 2 rings (SSSR count). The maximum Gasteiger partial charge on any atom is 0.224 e. The van der Waals surface area contributed by atoms with Crippen molar-refractivity contribution in [1.29, 1.82) is 0 Å². The van der Waals surface area contributed by atoms with E-state index in [1.165, 1.54) is 0 Å². The number of anilines is 1. The molecule has 1 fully saturated rings. The Kier molecular flexibility index (Phi) is 11.0. The van der Waals surface area contributed by atoms with Crippen LogP contribution in [0.1, 0.15) is 27.2 Å². The highest BCUT2D eigenvalue weighted by molar-refractivity contribution is 14.0. The second kappa shape index (κ2) is 12.7. The summed E-state index contributed by atoms with van der Waals surface area (Å²) in [5.74, 6) is 1.34. The number of phenols is 1. The minimum absolute atomic E-state index is 0. The molecule has 0 atom stereocenters. The first-order valence-corrected chi connectivity index (χ1v) is 9.94. The molecule has 1 aliphatic rings. The van der Waals surface area contributed by atoms with Gasteiger partial charge in [-0.05, 0) is 32.9 Å². The number of hydrogen-bond acceptors (Lipinski definition) is 4. The molecule has 1 heterocycles. The normalized spacial score (nSPS) is 14.5. The summed E-state index contributed by atoms with van der Waals surface area (Å²) in [6.45, 7) is 12.1. The Morgan fingerprint density at radius 3 is 2.36 bits per heavy atom. The molecule has 0 aliphatic carbocycles. The Morgan fingerprint density at radius 2 is 1.79 bits per heavy atom. The highest BCUT2D eigenvalue weighted by Gasteiger charge is 2.21. The number of piperazine rings is 1. The highest BCUT2D eigenvalue weighted by Crippen LogP contribution is 2.27. The van der Waals surface area contributed by atoms with Crippen molar-refractivity contribution in [1.82, 2.24) is 15.1 Å². The topological polar surface area (TPSA) is 71.4 Å². The Balaban J connectivity index is 0.00000392. The predicted molar refractivity (Wildman–Crippen MR) is 126 cm³/mol. The van der Waals surface area contributed by atoms with Crippen LogP contribution in [0.25, 0.3) is 0 Å². The van der Waals surface area contributed by atoms with Gasteiger partial charge in [0.05, 0.1) is 12.2 Å². The summed E-state index contributed by atoms with van der Waals surface area (Å²) in [6, 6.07) is 7.45. The van der Waals surface area contributed by atoms with Crippen LogP contribution in [0.5, 0.6) is 5.75 Å². The first-order valence-electron chi connectivity index (χ1n) is 9.94. The molecule has 1 saturated heterocycles. The summed E-state index contributed by atoms with van der Waals surface area (Å²) in [4.78, 5) is 23.1. The van der Waals surface area contributed by atoms with Crippen molar-refractivity contribution >= 4 is 41.5 Å². The molecule has 0 radical (unpaired) electrons. The first-order chi connectivity index (χ1) is 13.1. The maximum absolute atomic E-state index is 12.1. The standard InChI is InChI=1S/C20H33N5O2.HI/c1-4-21-20(22-12-11-19(27)23(5-2)6-3)25-15-13-24(14-16-25)17-9-7-8-10-18(17)26;/h7-10,26H,4-6,11-16H2,1-3H3,(H,21,22);1H. The monoisotopic (exact) mass is 503 g/mol. The van der Waals surface area contributed by atoms with Crippen LogP contribution >= 0.6 is 24.0 Å². The molecule has 1 aromatic carbocycles. The number of nitrogens with one attached hydrogen (secondary N) is 1. The van der Waals surface area contributed by atoms with Gasteiger partial charge in [-0.15, -0.1) is 24.0 Å². The first kappa shape index (κ1) is 24.3. The third-order valence-corrected chi connectivity index (χ3v) is 4.84. The van der Waals surface area contributed by atoms with E-state index in [0.29, 0.717) is 18.7 Å². The lowest BCUT2D eigenvalue weighted by molar-refractivity contribution is -0.130. The smallest absolute Gasteiger partial charge is 0.224 e. The number of phenolic OH excluding ortho intramolecular Hbond substituents is 1. The second-order valence-corrected chi connectivity index (χ2v) is 6.51. The number of aromatic hydroxyl groups is 1. The second-order valence-electron chi connectivity index (χ2n) is 6.51. The van der Waals surface area contributed by atoms with Crippen LogP contribution in [-0.4, -0.2) is 79.1 Å². The van der Waals surface area contributed by atoms with Crippen molar-refractivity contribution in [2.24, 2.45) is 4.99 Å². The van der Waals surface area contributed by atoms with Gasteiger partial charge in [-0.2, -0.15) is 0 Å². The lowest BCUT2D eigenvalue weighted by Crippen LogP contribution is -2.52. The van der Waals surface area contributed by atoms with Crippen molar-refractivity contribution in [3.05, 3.63) is 24.3 Å². The number of hydrogen-bond donors (Lipinski definition) is 2.